The van der Waals surface area contributed by atoms with E-state index < -0.39 is 0 Å². The van der Waals surface area contributed by atoms with E-state index in [2.05, 4.69) is 50.9 Å². The van der Waals surface area contributed by atoms with E-state index in [1.54, 1.807) is 0 Å². The number of aliphatic imine (C=N–C) groups is 1. The van der Waals surface area contributed by atoms with Crippen molar-refractivity contribution in [3.63, 3.8) is 0 Å². The maximum Gasteiger partial charge on any atom is 0.191 e. The Morgan fingerprint density at radius 1 is 1.20 bits per heavy atom. The first kappa shape index (κ1) is 25.4. The fraction of sp³-hybridized carbons (Fsp3) is 0.696. The summed E-state index contributed by atoms with van der Waals surface area (Å²) in [5.74, 6) is 1.58. The molecule has 1 aromatic carbocycles. The molecule has 2 aliphatic rings. The van der Waals surface area contributed by atoms with Crippen LogP contribution < -0.4 is 10.6 Å². The van der Waals surface area contributed by atoms with Gasteiger partial charge in [0.15, 0.2) is 5.96 Å². The van der Waals surface area contributed by atoms with Crippen LogP contribution in [0.2, 0.25) is 0 Å². The number of rotatable bonds is 9. The third-order valence-electron chi connectivity index (χ3n) is 5.77. The predicted octanol–water partition coefficient (Wildman–Crippen LogP) is 3.27. The van der Waals surface area contributed by atoms with Gasteiger partial charge in [-0.1, -0.05) is 30.3 Å². The summed E-state index contributed by atoms with van der Waals surface area (Å²) < 4.78 is 11.2. The Morgan fingerprint density at radius 3 is 2.77 bits per heavy atom. The molecule has 30 heavy (non-hydrogen) atoms. The Kier molecular flexibility index (Phi) is 12.7. The molecule has 2 N–H and O–H groups in total. The van der Waals surface area contributed by atoms with Crippen LogP contribution in [0.4, 0.5) is 0 Å². The number of nitrogens with zero attached hydrogens (tertiary/aromatic N) is 2. The van der Waals surface area contributed by atoms with E-state index in [0.29, 0.717) is 12.0 Å². The van der Waals surface area contributed by atoms with Crippen LogP contribution in [0.5, 0.6) is 0 Å². The van der Waals surface area contributed by atoms with Gasteiger partial charge in [-0.25, -0.2) is 0 Å². The molecule has 0 saturated carbocycles. The van der Waals surface area contributed by atoms with Crippen molar-refractivity contribution in [3.8, 4) is 0 Å². The van der Waals surface area contributed by atoms with Crippen LogP contribution in [-0.4, -0.2) is 70.0 Å². The molecule has 0 radical (unpaired) electrons. The minimum atomic E-state index is 0. The lowest BCUT2D eigenvalue weighted by Gasteiger charge is -2.34. The van der Waals surface area contributed by atoms with Gasteiger partial charge in [0, 0.05) is 59.2 Å². The number of hydrogen-bond acceptors (Lipinski definition) is 4. The van der Waals surface area contributed by atoms with E-state index in [-0.39, 0.29) is 24.0 Å². The molecule has 1 aromatic rings. The summed E-state index contributed by atoms with van der Waals surface area (Å²) in [4.78, 5) is 6.94. The van der Waals surface area contributed by atoms with Crippen LogP contribution in [0, 0.1) is 5.92 Å². The number of likely N-dealkylation sites (tertiary alicyclic amines) is 1. The molecule has 2 heterocycles. The van der Waals surface area contributed by atoms with Gasteiger partial charge >= 0.3 is 0 Å². The predicted molar refractivity (Wildman–Crippen MR) is 134 cm³/mol. The normalized spacial score (nSPS) is 21.1. The second-order valence-electron chi connectivity index (χ2n) is 8.19. The summed E-state index contributed by atoms with van der Waals surface area (Å²) >= 11 is 0. The van der Waals surface area contributed by atoms with Crippen molar-refractivity contribution in [1.29, 1.82) is 0 Å². The highest BCUT2D eigenvalue weighted by Crippen LogP contribution is 2.15. The maximum atomic E-state index is 5.85. The molecule has 2 fully saturated rings. The highest BCUT2D eigenvalue weighted by atomic mass is 127. The van der Waals surface area contributed by atoms with Crippen molar-refractivity contribution < 1.29 is 9.47 Å². The Hall–Kier alpha value is -0.900. The van der Waals surface area contributed by atoms with E-state index in [9.17, 15) is 0 Å². The van der Waals surface area contributed by atoms with Crippen molar-refractivity contribution in [1.82, 2.24) is 15.5 Å². The highest BCUT2D eigenvalue weighted by Gasteiger charge is 2.20. The van der Waals surface area contributed by atoms with Crippen LogP contribution in [-0.2, 0) is 16.0 Å². The van der Waals surface area contributed by atoms with E-state index in [4.69, 9.17) is 9.47 Å². The van der Waals surface area contributed by atoms with Gasteiger partial charge in [-0.3, -0.25) is 9.89 Å². The van der Waals surface area contributed by atoms with Crippen molar-refractivity contribution in [3.05, 3.63) is 35.9 Å². The lowest BCUT2D eigenvalue weighted by atomic mass is 10.0. The summed E-state index contributed by atoms with van der Waals surface area (Å²) in [5, 5.41) is 7.05. The molecule has 1 atom stereocenters. The number of guanidine groups is 1. The zero-order valence-electron chi connectivity index (χ0n) is 18.4. The van der Waals surface area contributed by atoms with Crippen LogP contribution in [0.3, 0.4) is 0 Å². The molecule has 0 bridgehead atoms. The minimum absolute atomic E-state index is 0. The quantitative estimate of drug-likeness (QED) is 0.222. The monoisotopic (exact) mass is 530 g/mol. The van der Waals surface area contributed by atoms with Gasteiger partial charge in [-0.05, 0) is 50.1 Å². The van der Waals surface area contributed by atoms with Gasteiger partial charge in [0.25, 0.3) is 0 Å². The molecule has 0 amide bonds. The van der Waals surface area contributed by atoms with Crippen LogP contribution in [0.1, 0.15) is 37.7 Å². The number of nitrogens with one attached hydrogen (secondary N) is 2. The Balaban J connectivity index is 0.00000320. The van der Waals surface area contributed by atoms with E-state index in [1.165, 1.54) is 24.9 Å². The SMILES string of the molecule is CN=C(NCCCOCC1CCOCC1)NC1CCCN(Cc2ccccc2)C1.I. The van der Waals surface area contributed by atoms with Gasteiger partial charge in [0.1, 0.15) is 0 Å². The fourth-order valence-electron chi connectivity index (χ4n) is 4.09. The zero-order chi connectivity index (χ0) is 20.2. The van der Waals surface area contributed by atoms with E-state index >= 15 is 0 Å². The number of benzene rings is 1. The van der Waals surface area contributed by atoms with Gasteiger partial charge in [-0.2, -0.15) is 0 Å². The first-order chi connectivity index (χ1) is 14.3. The van der Waals surface area contributed by atoms with E-state index in [0.717, 1.165) is 71.3 Å². The molecule has 0 spiro atoms. The van der Waals surface area contributed by atoms with Crippen molar-refractivity contribution in [2.24, 2.45) is 10.9 Å². The van der Waals surface area contributed by atoms with Crippen molar-refractivity contribution in [2.75, 3.05) is 53.1 Å². The fourth-order valence-corrected chi connectivity index (χ4v) is 4.09. The molecule has 7 heteroatoms. The summed E-state index contributed by atoms with van der Waals surface area (Å²) in [6.07, 6.45) is 5.69. The van der Waals surface area contributed by atoms with E-state index in [1.807, 2.05) is 7.05 Å². The Bertz CT molecular complexity index is 596. The Labute approximate surface area is 199 Å². The molecular formula is C23H39IN4O2. The summed E-state index contributed by atoms with van der Waals surface area (Å²) in [6.45, 7) is 7.59. The standard InChI is InChI=1S/C23H38N4O2.HI/c1-24-23(25-12-6-14-29-19-21-10-15-28-16-11-21)26-22-9-5-13-27(18-22)17-20-7-3-2-4-8-20;/h2-4,7-8,21-22H,5-6,9-19H2,1H3,(H2,24,25,26);1H. The lowest BCUT2D eigenvalue weighted by molar-refractivity contribution is 0.0203. The molecular weight excluding hydrogens is 491 g/mol. The molecule has 2 saturated heterocycles. The summed E-state index contributed by atoms with van der Waals surface area (Å²) in [6, 6.07) is 11.2. The number of halogens is 1. The zero-order valence-corrected chi connectivity index (χ0v) is 20.7. The largest absolute Gasteiger partial charge is 0.381 e. The number of ether oxygens (including phenoxy) is 2. The molecule has 6 nitrogen and oxygen atoms in total. The highest BCUT2D eigenvalue weighted by molar-refractivity contribution is 14.0. The average molecular weight is 530 g/mol. The second kappa shape index (κ2) is 15.0. The van der Waals surface area contributed by atoms with Crippen molar-refractivity contribution >= 4 is 29.9 Å². The summed E-state index contributed by atoms with van der Waals surface area (Å²) in [5.41, 5.74) is 1.39. The van der Waals surface area contributed by atoms with Gasteiger partial charge in [0.2, 0.25) is 0 Å². The maximum absolute atomic E-state index is 5.85. The first-order valence-electron chi connectivity index (χ1n) is 11.2. The van der Waals surface area contributed by atoms with Gasteiger partial charge < -0.3 is 20.1 Å². The smallest absolute Gasteiger partial charge is 0.191 e. The third-order valence-corrected chi connectivity index (χ3v) is 5.77. The molecule has 2 aliphatic heterocycles. The van der Waals surface area contributed by atoms with Crippen LogP contribution in [0.15, 0.2) is 35.3 Å². The minimum Gasteiger partial charge on any atom is -0.381 e. The Morgan fingerprint density at radius 2 is 2.00 bits per heavy atom. The average Bonchev–Trinajstić information content (AvgIpc) is 2.77. The van der Waals surface area contributed by atoms with Crippen molar-refractivity contribution in [2.45, 2.75) is 44.7 Å². The second-order valence-corrected chi connectivity index (χ2v) is 8.19. The molecule has 170 valence electrons. The summed E-state index contributed by atoms with van der Waals surface area (Å²) in [7, 11) is 1.85. The molecule has 1 unspecified atom stereocenters. The molecule has 0 aliphatic carbocycles. The number of piperidine rings is 1. The molecule has 0 aromatic heterocycles. The van der Waals surface area contributed by atoms with Crippen LogP contribution in [0.25, 0.3) is 0 Å². The lowest BCUT2D eigenvalue weighted by Crippen LogP contribution is -2.51. The topological polar surface area (TPSA) is 58.1 Å². The van der Waals surface area contributed by atoms with Gasteiger partial charge in [-0.15, -0.1) is 24.0 Å². The first-order valence-corrected chi connectivity index (χ1v) is 11.2. The van der Waals surface area contributed by atoms with Crippen LogP contribution >= 0.6 is 24.0 Å². The molecule has 3 rings (SSSR count). The number of hydrogen-bond donors (Lipinski definition) is 2. The van der Waals surface area contributed by atoms with Gasteiger partial charge in [0.05, 0.1) is 0 Å². The third kappa shape index (κ3) is 9.49.